The highest BCUT2D eigenvalue weighted by molar-refractivity contribution is 5.61. The fraction of sp³-hybridized carbons (Fsp3) is 0.417. The van der Waals surface area contributed by atoms with Crippen molar-refractivity contribution in [3.63, 3.8) is 0 Å². The van der Waals surface area contributed by atoms with E-state index < -0.39 is 0 Å². The molecular weight excluding hydrogens is 188 g/mol. The van der Waals surface area contributed by atoms with E-state index in [0.29, 0.717) is 11.6 Å². The van der Waals surface area contributed by atoms with Crippen LogP contribution in [0.15, 0.2) is 18.2 Å². The third-order valence-corrected chi connectivity index (χ3v) is 2.81. The van der Waals surface area contributed by atoms with Gasteiger partial charge in [-0.3, -0.25) is 0 Å². The summed E-state index contributed by atoms with van der Waals surface area (Å²) in [5, 5.41) is 12.3. The zero-order valence-electron chi connectivity index (χ0n) is 8.79. The standard InChI is InChI=1S/C12H14N2O/c1-15-11-6-5-9(8-13)12(7-11)14-10-3-2-4-10/h5-7,10,14H,2-4H2,1H3. The number of anilines is 1. The van der Waals surface area contributed by atoms with Crippen molar-refractivity contribution >= 4 is 5.69 Å². The molecule has 1 aliphatic rings. The number of nitrogens with zero attached hydrogens (tertiary/aromatic N) is 1. The van der Waals surface area contributed by atoms with E-state index in [4.69, 9.17) is 10.00 Å². The fourth-order valence-electron chi connectivity index (χ4n) is 1.64. The summed E-state index contributed by atoms with van der Waals surface area (Å²) in [5.41, 5.74) is 1.57. The number of hydrogen-bond acceptors (Lipinski definition) is 3. The molecule has 3 heteroatoms. The minimum absolute atomic E-state index is 0.532. The lowest BCUT2D eigenvalue weighted by Gasteiger charge is -2.28. The summed E-state index contributed by atoms with van der Waals surface area (Å²) in [6.45, 7) is 0. The Kier molecular flexibility index (Phi) is 2.77. The number of ether oxygens (including phenoxy) is 1. The maximum atomic E-state index is 8.95. The lowest BCUT2D eigenvalue weighted by atomic mass is 9.92. The monoisotopic (exact) mass is 202 g/mol. The molecule has 1 aromatic rings. The lowest BCUT2D eigenvalue weighted by molar-refractivity contribution is 0.414. The number of rotatable bonds is 3. The predicted molar refractivity (Wildman–Crippen MR) is 59.0 cm³/mol. The van der Waals surface area contributed by atoms with Gasteiger partial charge in [-0.15, -0.1) is 0 Å². The smallest absolute Gasteiger partial charge is 0.121 e. The van der Waals surface area contributed by atoms with E-state index in [0.717, 1.165) is 11.4 Å². The zero-order chi connectivity index (χ0) is 10.7. The lowest BCUT2D eigenvalue weighted by Crippen LogP contribution is -2.27. The van der Waals surface area contributed by atoms with E-state index in [1.54, 1.807) is 13.2 Å². The van der Waals surface area contributed by atoms with E-state index in [-0.39, 0.29) is 0 Å². The maximum Gasteiger partial charge on any atom is 0.121 e. The van der Waals surface area contributed by atoms with E-state index in [9.17, 15) is 0 Å². The maximum absolute atomic E-state index is 8.95. The van der Waals surface area contributed by atoms with Crippen LogP contribution in [-0.4, -0.2) is 13.2 Å². The third kappa shape index (κ3) is 2.04. The normalized spacial score (nSPS) is 15.2. The molecule has 3 nitrogen and oxygen atoms in total. The van der Waals surface area contributed by atoms with Gasteiger partial charge in [-0.1, -0.05) is 0 Å². The van der Waals surface area contributed by atoms with E-state index >= 15 is 0 Å². The Balaban J connectivity index is 2.21. The van der Waals surface area contributed by atoms with Gasteiger partial charge in [0.15, 0.2) is 0 Å². The summed E-state index contributed by atoms with van der Waals surface area (Å²) in [6, 6.07) is 8.20. The zero-order valence-corrected chi connectivity index (χ0v) is 8.79. The molecule has 0 heterocycles. The van der Waals surface area contributed by atoms with Crippen LogP contribution in [0.3, 0.4) is 0 Å². The number of methoxy groups -OCH3 is 1. The van der Waals surface area contributed by atoms with Gasteiger partial charge in [0.25, 0.3) is 0 Å². The molecule has 0 saturated heterocycles. The van der Waals surface area contributed by atoms with Crippen LogP contribution >= 0.6 is 0 Å². The topological polar surface area (TPSA) is 45.0 Å². The molecule has 0 atom stereocenters. The first-order chi connectivity index (χ1) is 7.33. The van der Waals surface area contributed by atoms with Gasteiger partial charge in [0.1, 0.15) is 11.8 Å². The fourth-order valence-corrected chi connectivity index (χ4v) is 1.64. The van der Waals surface area contributed by atoms with Crippen LogP contribution in [0.2, 0.25) is 0 Å². The number of hydrogen-bond donors (Lipinski definition) is 1. The van der Waals surface area contributed by atoms with Gasteiger partial charge < -0.3 is 10.1 Å². The van der Waals surface area contributed by atoms with Gasteiger partial charge in [0.2, 0.25) is 0 Å². The molecule has 0 aliphatic heterocycles. The van der Waals surface area contributed by atoms with Crippen LogP contribution < -0.4 is 10.1 Å². The second kappa shape index (κ2) is 4.22. The molecular formula is C12H14N2O. The number of nitrogens with one attached hydrogen (secondary N) is 1. The Morgan fingerprint density at radius 2 is 2.27 bits per heavy atom. The Morgan fingerprint density at radius 1 is 1.47 bits per heavy atom. The first-order valence-corrected chi connectivity index (χ1v) is 5.18. The van der Waals surface area contributed by atoms with Gasteiger partial charge in [0, 0.05) is 12.1 Å². The molecule has 78 valence electrons. The molecule has 1 fully saturated rings. The molecule has 1 aromatic carbocycles. The molecule has 1 N–H and O–H groups in total. The number of benzene rings is 1. The van der Waals surface area contributed by atoms with Crippen LogP contribution in [-0.2, 0) is 0 Å². The summed E-state index contributed by atoms with van der Waals surface area (Å²) in [7, 11) is 1.63. The Morgan fingerprint density at radius 3 is 2.80 bits per heavy atom. The van der Waals surface area contributed by atoms with Crippen molar-refractivity contribution < 1.29 is 4.74 Å². The average Bonchev–Trinajstić information content (AvgIpc) is 2.23. The second-order valence-corrected chi connectivity index (χ2v) is 3.80. The Labute approximate surface area is 89.7 Å². The van der Waals surface area contributed by atoms with E-state index in [2.05, 4.69) is 11.4 Å². The Hall–Kier alpha value is -1.69. The van der Waals surface area contributed by atoms with E-state index in [1.807, 2.05) is 12.1 Å². The predicted octanol–water partition coefficient (Wildman–Crippen LogP) is 2.53. The highest BCUT2D eigenvalue weighted by Crippen LogP contribution is 2.27. The number of nitriles is 1. The minimum Gasteiger partial charge on any atom is -0.497 e. The highest BCUT2D eigenvalue weighted by atomic mass is 16.5. The molecule has 2 rings (SSSR count). The first-order valence-electron chi connectivity index (χ1n) is 5.18. The highest BCUT2D eigenvalue weighted by Gasteiger charge is 2.18. The third-order valence-electron chi connectivity index (χ3n) is 2.81. The van der Waals surface area contributed by atoms with Gasteiger partial charge in [-0.2, -0.15) is 5.26 Å². The SMILES string of the molecule is COc1ccc(C#N)c(NC2CCC2)c1. The largest absolute Gasteiger partial charge is 0.497 e. The molecule has 15 heavy (non-hydrogen) atoms. The van der Waals surface area contributed by atoms with Crippen molar-refractivity contribution in [2.75, 3.05) is 12.4 Å². The van der Waals surface area contributed by atoms with Crippen molar-refractivity contribution in [1.29, 1.82) is 5.26 Å². The summed E-state index contributed by atoms with van der Waals surface area (Å²) in [4.78, 5) is 0. The van der Waals surface area contributed by atoms with Crippen molar-refractivity contribution in [2.45, 2.75) is 25.3 Å². The van der Waals surface area contributed by atoms with Gasteiger partial charge in [-0.05, 0) is 31.4 Å². The molecule has 0 unspecified atom stereocenters. The summed E-state index contributed by atoms with van der Waals surface area (Å²) in [5.74, 6) is 0.788. The second-order valence-electron chi connectivity index (χ2n) is 3.80. The first kappa shape index (κ1) is 9.85. The molecule has 0 aromatic heterocycles. The van der Waals surface area contributed by atoms with Gasteiger partial charge in [0.05, 0.1) is 18.4 Å². The molecule has 0 radical (unpaired) electrons. The molecule has 0 spiro atoms. The van der Waals surface area contributed by atoms with Crippen LogP contribution in [0.5, 0.6) is 5.75 Å². The van der Waals surface area contributed by atoms with Gasteiger partial charge in [-0.25, -0.2) is 0 Å². The molecule has 1 saturated carbocycles. The van der Waals surface area contributed by atoms with Crippen molar-refractivity contribution in [3.05, 3.63) is 23.8 Å². The average molecular weight is 202 g/mol. The van der Waals surface area contributed by atoms with Crippen molar-refractivity contribution in [3.8, 4) is 11.8 Å². The van der Waals surface area contributed by atoms with Crippen LogP contribution in [0.4, 0.5) is 5.69 Å². The summed E-state index contributed by atoms with van der Waals surface area (Å²) < 4.78 is 5.14. The van der Waals surface area contributed by atoms with Gasteiger partial charge >= 0.3 is 0 Å². The Bertz CT molecular complexity index is 391. The minimum atomic E-state index is 0.532. The van der Waals surface area contributed by atoms with Crippen molar-refractivity contribution in [2.24, 2.45) is 0 Å². The quantitative estimate of drug-likeness (QED) is 0.819. The molecule has 0 amide bonds. The summed E-state index contributed by atoms with van der Waals surface area (Å²) >= 11 is 0. The van der Waals surface area contributed by atoms with Crippen LogP contribution in [0.1, 0.15) is 24.8 Å². The van der Waals surface area contributed by atoms with Crippen molar-refractivity contribution in [1.82, 2.24) is 0 Å². The molecule has 0 bridgehead atoms. The van der Waals surface area contributed by atoms with E-state index in [1.165, 1.54) is 19.3 Å². The summed E-state index contributed by atoms with van der Waals surface area (Å²) in [6.07, 6.45) is 3.67. The van der Waals surface area contributed by atoms with Crippen LogP contribution in [0, 0.1) is 11.3 Å². The molecule has 1 aliphatic carbocycles. The van der Waals surface area contributed by atoms with Crippen LogP contribution in [0.25, 0.3) is 0 Å².